The van der Waals surface area contributed by atoms with E-state index in [2.05, 4.69) is 17.1 Å². The Balaban J connectivity index is 1.90. The van der Waals surface area contributed by atoms with Crippen LogP contribution in [0.15, 0.2) is 33.7 Å². The highest BCUT2D eigenvalue weighted by Crippen LogP contribution is 2.29. The van der Waals surface area contributed by atoms with Gasteiger partial charge in [-0.2, -0.15) is 4.98 Å². The summed E-state index contributed by atoms with van der Waals surface area (Å²) in [6.07, 6.45) is 3.06. The summed E-state index contributed by atoms with van der Waals surface area (Å²) < 4.78 is 5.16. The van der Waals surface area contributed by atoms with Crippen molar-refractivity contribution in [2.45, 2.75) is 36.8 Å². The predicted octanol–water partition coefficient (Wildman–Crippen LogP) is 3.41. The van der Waals surface area contributed by atoms with Crippen LogP contribution in [0, 0.1) is 0 Å². The summed E-state index contributed by atoms with van der Waals surface area (Å²) >= 11 is 1.49. The molecular weight excluding hydrogens is 248 g/mol. The van der Waals surface area contributed by atoms with E-state index in [1.54, 1.807) is 12.1 Å². The van der Waals surface area contributed by atoms with E-state index in [0.717, 1.165) is 30.0 Å². The van der Waals surface area contributed by atoms with E-state index >= 15 is 0 Å². The Bertz CT molecular complexity index is 499. The third-order valence-corrected chi connectivity index (χ3v) is 3.53. The second-order valence-corrected chi connectivity index (χ2v) is 4.98. The molecule has 0 aliphatic heterocycles. The molecule has 1 aromatic heterocycles. The fourth-order valence-electron chi connectivity index (χ4n) is 1.50. The number of para-hydroxylation sites is 1. The van der Waals surface area contributed by atoms with Crippen LogP contribution in [0.1, 0.15) is 31.5 Å². The maximum Gasteiger partial charge on any atom is 0.237 e. The van der Waals surface area contributed by atoms with Crippen molar-refractivity contribution < 1.29 is 9.63 Å². The fourth-order valence-corrected chi connectivity index (χ4v) is 2.29. The summed E-state index contributed by atoms with van der Waals surface area (Å²) in [4.78, 5) is 5.14. The molecule has 4 nitrogen and oxygen atoms in total. The predicted molar refractivity (Wildman–Crippen MR) is 70.6 cm³/mol. The third-order valence-electron chi connectivity index (χ3n) is 2.48. The summed E-state index contributed by atoms with van der Waals surface area (Å²) in [5.74, 6) is 2.24. The van der Waals surface area contributed by atoms with E-state index in [0.29, 0.717) is 11.6 Å². The molecule has 0 fully saturated rings. The van der Waals surface area contributed by atoms with Gasteiger partial charge < -0.3 is 9.63 Å². The molecule has 0 saturated heterocycles. The monoisotopic (exact) mass is 264 g/mol. The highest BCUT2D eigenvalue weighted by molar-refractivity contribution is 7.98. The smallest absolute Gasteiger partial charge is 0.237 e. The fraction of sp³-hybridized carbons (Fsp3) is 0.385. The number of rotatable bonds is 6. The Hall–Kier alpha value is -1.49. The Morgan fingerprint density at radius 2 is 2.17 bits per heavy atom. The first-order chi connectivity index (χ1) is 8.79. The maximum absolute atomic E-state index is 9.62. The van der Waals surface area contributed by atoms with Crippen LogP contribution in [0.3, 0.4) is 0 Å². The van der Waals surface area contributed by atoms with E-state index in [4.69, 9.17) is 4.52 Å². The minimum atomic E-state index is 0.285. The number of unbranched alkanes of at least 4 members (excludes halogenated alkanes) is 1. The van der Waals surface area contributed by atoms with Gasteiger partial charge in [-0.15, -0.1) is 11.8 Å². The first kappa shape index (κ1) is 13.0. The number of benzene rings is 1. The normalized spacial score (nSPS) is 10.7. The van der Waals surface area contributed by atoms with Crippen LogP contribution in [0.5, 0.6) is 5.75 Å². The number of thioether (sulfide) groups is 1. The molecule has 0 amide bonds. The number of hydrogen-bond donors (Lipinski definition) is 1. The number of aromatic hydroxyl groups is 1. The summed E-state index contributed by atoms with van der Waals surface area (Å²) in [5, 5.41) is 13.5. The molecule has 0 aliphatic rings. The number of phenolic OH excluding ortho intramolecular Hbond substituents is 1. The van der Waals surface area contributed by atoms with Gasteiger partial charge in [-0.3, -0.25) is 0 Å². The number of nitrogens with zero attached hydrogens (tertiary/aromatic N) is 2. The minimum absolute atomic E-state index is 0.285. The Morgan fingerprint density at radius 1 is 1.33 bits per heavy atom. The van der Waals surface area contributed by atoms with Gasteiger partial charge in [0, 0.05) is 11.3 Å². The van der Waals surface area contributed by atoms with Gasteiger partial charge in [0.2, 0.25) is 5.89 Å². The van der Waals surface area contributed by atoms with Crippen LogP contribution in [0.4, 0.5) is 0 Å². The van der Waals surface area contributed by atoms with Crippen molar-refractivity contribution in [2.75, 3.05) is 0 Å². The molecule has 0 spiro atoms. The summed E-state index contributed by atoms with van der Waals surface area (Å²) in [6.45, 7) is 2.13. The lowest BCUT2D eigenvalue weighted by Gasteiger charge is -2.00. The molecule has 1 aromatic carbocycles. The zero-order chi connectivity index (χ0) is 12.8. The average Bonchev–Trinajstić information content (AvgIpc) is 2.83. The van der Waals surface area contributed by atoms with E-state index < -0.39 is 0 Å². The standard InChI is InChI=1S/C13H16N2O2S/c1-2-3-8-12-14-13(17-15-12)9-18-11-7-5-4-6-10(11)16/h4-7,16H,2-3,8-9H2,1H3. The van der Waals surface area contributed by atoms with Gasteiger partial charge in [0.05, 0.1) is 5.75 Å². The van der Waals surface area contributed by atoms with Crippen molar-refractivity contribution in [3.8, 4) is 5.75 Å². The van der Waals surface area contributed by atoms with Gasteiger partial charge in [0.25, 0.3) is 0 Å². The highest BCUT2D eigenvalue weighted by atomic mass is 32.2. The molecule has 0 atom stereocenters. The molecule has 1 heterocycles. The van der Waals surface area contributed by atoms with Gasteiger partial charge in [0.15, 0.2) is 5.82 Å². The summed E-state index contributed by atoms with van der Waals surface area (Å²) in [6, 6.07) is 7.23. The Kier molecular flexibility index (Phi) is 4.64. The summed E-state index contributed by atoms with van der Waals surface area (Å²) in [5.41, 5.74) is 0. The van der Waals surface area contributed by atoms with Crippen LogP contribution in [0.2, 0.25) is 0 Å². The molecule has 0 saturated carbocycles. The zero-order valence-corrected chi connectivity index (χ0v) is 11.1. The highest BCUT2D eigenvalue weighted by Gasteiger charge is 2.08. The quantitative estimate of drug-likeness (QED) is 0.810. The van der Waals surface area contributed by atoms with Crippen LogP contribution >= 0.6 is 11.8 Å². The molecule has 2 aromatic rings. The molecule has 1 N–H and O–H groups in total. The molecular formula is C13H16N2O2S. The van der Waals surface area contributed by atoms with E-state index in [9.17, 15) is 5.11 Å². The Labute approximate surface area is 110 Å². The molecule has 5 heteroatoms. The Morgan fingerprint density at radius 3 is 2.94 bits per heavy atom. The number of aryl methyl sites for hydroxylation is 1. The van der Waals surface area contributed by atoms with Gasteiger partial charge in [-0.25, -0.2) is 0 Å². The first-order valence-corrected chi connectivity index (χ1v) is 7.00. The number of phenols is 1. The minimum Gasteiger partial charge on any atom is -0.507 e. The molecule has 0 bridgehead atoms. The van der Waals surface area contributed by atoms with E-state index in [1.165, 1.54) is 11.8 Å². The number of hydrogen-bond acceptors (Lipinski definition) is 5. The van der Waals surface area contributed by atoms with Crippen molar-refractivity contribution in [2.24, 2.45) is 0 Å². The van der Waals surface area contributed by atoms with Crippen molar-refractivity contribution in [3.63, 3.8) is 0 Å². The molecule has 2 rings (SSSR count). The maximum atomic E-state index is 9.62. The third kappa shape index (κ3) is 3.50. The van der Waals surface area contributed by atoms with Crippen molar-refractivity contribution in [3.05, 3.63) is 36.0 Å². The first-order valence-electron chi connectivity index (χ1n) is 6.02. The number of aromatic nitrogens is 2. The SMILES string of the molecule is CCCCc1noc(CSc2ccccc2O)n1. The second-order valence-electron chi connectivity index (χ2n) is 3.96. The summed E-state index contributed by atoms with van der Waals surface area (Å²) in [7, 11) is 0. The van der Waals surface area contributed by atoms with E-state index in [1.807, 2.05) is 12.1 Å². The van der Waals surface area contributed by atoms with E-state index in [-0.39, 0.29) is 5.75 Å². The topological polar surface area (TPSA) is 59.2 Å². The molecule has 0 radical (unpaired) electrons. The van der Waals surface area contributed by atoms with Gasteiger partial charge >= 0.3 is 0 Å². The molecule has 96 valence electrons. The molecule has 0 aliphatic carbocycles. The van der Waals surface area contributed by atoms with Crippen molar-refractivity contribution in [1.82, 2.24) is 10.1 Å². The largest absolute Gasteiger partial charge is 0.507 e. The zero-order valence-electron chi connectivity index (χ0n) is 10.3. The second kappa shape index (κ2) is 6.44. The lowest BCUT2D eigenvalue weighted by atomic mass is 10.2. The van der Waals surface area contributed by atoms with Crippen LogP contribution in [0.25, 0.3) is 0 Å². The van der Waals surface area contributed by atoms with Gasteiger partial charge in [0.1, 0.15) is 5.75 Å². The van der Waals surface area contributed by atoms with Crippen LogP contribution in [-0.2, 0) is 12.2 Å². The molecule has 18 heavy (non-hydrogen) atoms. The van der Waals surface area contributed by atoms with Gasteiger partial charge in [-0.1, -0.05) is 30.6 Å². The average molecular weight is 264 g/mol. The van der Waals surface area contributed by atoms with Crippen LogP contribution in [-0.4, -0.2) is 15.2 Å². The van der Waals surface area contributed by atoms with Gasteiger partial charge in [-0.05, 0) is 18.6 Å². The van der Waals surface area contributed by atoms with Crippen molar-refractivity contribution in [1.29, 1.82) is 0 Å². The van der Waals surface area contributed by atoms with Crippen molar-refractivity contribution >= 4 is 11.8 Å². The molecule has 0 unspecified atom stereocenters. The van der Waals surface area contributed by atoms with Crippen LogP contribution < -0.4 is 0 Å². The lowest BCUT2D eigenvalue weighted by molar-refractivity contribution is 0.384. The lowest BCUT2D eigenvalue weighted by Crippen LogP contribution is -1.88.